The van der Waals surface area contributed by atoms with Crippen molar-refractivity contribution in [3.8, 4) is 0 Å². The lowest BCUT2D eigenvalue weighted by Gasteiger charge is -2.55. The number of unbranched alkanes of at least 4 members (excludes halogenated alkanes) is 1. The quantitative estimate of drug-likeness (QED) is 0.778. The minimum atomic E-state index is 0.674. The van der Waals surface area contributed by atoms with E-state index in [9.17, 15) is 0 Å². The summed E-state index contributed by atoms with van der Waals surface area (Å²) in [6, 6.07) is 0.674. The maximum absolute atomic E-state index is 5.90. The minimum Gasteiger partial charge on any atom is -0.329 e. The fourth-order valence-electron chi connectivity index (χ4n) is 3.58. The lowest BCUT2D eigenvalue weighted by atomic mass is 9.68. The average Bonchev–Trinajstić information content (AvgIpc) is 2.29. The van der Waals surface area contributed by atoms with Gasteiger partial charge in [-0.3, -0.25) is 4.90 Å². The maximum Gasteiger partial charge on any atom is 0.0218 e. The molecule has 2 N–H and O–H groups in total. The van der Waals surface area contributed by atoms with Crippen LogP contribution in [0.1, 0.15) is 58.3 Å². The van der Waals surface area contributed by atoms with E-state index in [1.54, 1.807) is 0 Å². The van der Waals surface area contributed by atoms with Gasteiger partial charge in [0.1, 0.15) is 0 Å². The third kappa shape index (κ3) is 2.60. The Morgan fingerprint density at radius 2 is 1.88 bits per heavy atom. The van der Waals surface area contributed by atoms with Gasteiger partial charge in [0.2, 0.25) is 0 Å². The minimum absolute atomic E-state index is 0.674. The van der Waals surface area contributed by atoms with Crippen molar-refractivity contribution >= 4 is 0 Å². The van der Waals surface area contributed by atoms with E-state index in [4.69, 9.17) is 5.73 Å². The highest BCUT2D eigenvalue weighted by Gasteiger charge is 2.44. The number of hydrogen-bond donors (Lipinski definition) is 1. The smallest absolute Gasteiger partial charge is 0.0218 e. The molecule has 2 nitrogen and oxygen atoms in total. The zero-order chi connectivity index (χ0) is 11.4. The van der Waals surface area contributed by atoms with Gasteiger partial charge >= 0.3 is 0 Å². The Morgan fingerprint density at radius 1 is 1.19 bits per heavy atom. The Bertz CT molecular complexity index is 201. The summed E-state index contributed by atoms with van der Waals surface area (Å²) in [5.74, 6) is 0. The first-order valence-corrected chi connectivity index (χ1v) is 7.24. The summed E-state index contributed by atoms with van der Waals surface area (Å²) in [4.78, 5) is 2.65. The van der Waals surface area contributed by atoms with Crippen LogP contribution in [-0.4, -0.2) is 30.6 Å². The molecule has 1 heterocycles. The second kappa shape index (κ2) is 5.50. The molecule has 0 radical (unpaired) electrons. The van der Waals surface area contributed by atoms with Crippen molar-refractivity contribution < 1.29 is 0 Å². The molecule has 0 amide bonds. The van der Waals surface area contributed by atoms with Crippen LogP contribution in [0.4, 0.5) is 0 Å². The Balaban J connectivity index is 1.76. The van der Waals surface area contributed by atoms with Gasteiger partial charge in [-0.2, -0.15) is 0 Å². The summed E-state index contributed by atoms with van der Waals surface area (Å²) < 4.78 is 0. The second-order valence-corrected chi connectivity index (χ2v) is 6.00. The monoisotopic (exact) mass is 224 g/mol. The first-order chi connectivity index (χ1) is 7.79. The van der Waals surface area contributed by atoms with Crippen molar-refractivity contribution in [1.82, 2.24) is 4.90 Å². The summed E-state index contributed by atoms with van der Waals surface area (Å²) in [6.07, 6.45) is 11.3. The summed E-state index contributed by atoms with van der Waals surface area (Å²) in [5.41, 5.74) is 6.62. The molecule has 16 heavy (non-hydrogen) atoms. The highest BCUT2D eigenvalue weighted by atomic mass is 15.2. The van der Waals surface area contributed by atoms with Crippen molar-refractivity contribution in [3.05, 3.63) is 0 Å². The molecule has 1 saturated heterocycles. The largest absolute Gasteiger partial charge is 0.329 e. The van der Waals surface area contributed by atoms with Crippen LogP contribution in [-0.2, 0) is 0 Å². The van der Waals surface area contributed by atoms with Crippen LogP contribution in [0.3, 0.4) is 0 Å². The van der Waals surface area contributed by atoms with Crippen LogP contribution in [0.25, 0.3) is 0 Å². The normalized spacial score (nSPS) is 26.6. The van der Waals surface area contributed by atoms with Gasteiger partial charge in [-0.25, -0.2) is 0 Å². The molecule has 0 aromatic rings. The third-order valence-electron chi connectivity index (χ3n) is 4.67. The molecule has 2 fully saturated rings. The topological polar surface area (TPSA) is 29.3 Å². The Hall–Kier alpha value is -0.0800. The molecule has 0 aromatic heterocycles. The molecule has 1 unspecified atom stereocenters. The highest BCUT2D eigenvalue weighted by Crippen LogP contribution is 2.44. The van der Waals surface area contributed by atoms with Crippen LogP contribution >= 0.6 is 0 Å². The molecule has 1 saturated carbocycles. The molecule has 2 aliphatic rings. The van der Waals surface area contributed by atoms with Crippen LogP contribution in [0.5, 0.6) is 0 Å². The van der Waals surface area contributed by atoms with Crippen LogP contribution in [0.15, 0.2) is 0 Å². The predicted octanol–water partition coefficient (Wildman–Crippen LogP) is 2.77. The van der Waals surface area contributed by atoms with Crippen molar-refractivity contribution in [1.29, 1.82) is 0 Å². The molecule has 1 spiro atoms. The molecule has 2 rings (SSSR count). The van der Waals surface area contributed by atoms with E-state index in [0.717, 1.165) is 12.0 Å². The number of nitrogens with two attached hydrogens (primary N) is 1. The molecular weight excluding hydrogens is 196 g/mol. The lowest BCUT2D eigenvalue weighted by Crippen LogP contribution is -2.61. The van der Waals surface area contributed by atoms with Crippen LogP contribution < -0.4 is 5.73 Å². The number of hydrogen-bond acceptors (Lipinski definition) is 2. The van der Waals surface area contributed by atoms with Crippen molar-refractivity contribution in [2.24, 2.45) is 11.1 Å². The lowest BCUT2D eigenvalue weighted by molar-refractivity contribution is -0.0548. The van der Waals surface area contributed by atoms with Crippen LogP contribution in [0, 0.1) is 5.41 Å². The van der Waals surface area contributed by atoms with E-state index >= 15 is 0 Å². The Morgan fingerprint density at radius 3 is 2.44 bits per heavy atom. The highest BCUT2D eigenvalue weighted by molar-refractivity contribution is 4.98. The maximum atomic E-state index is 5.90. The van der Waals surface area contributed by atoms with Gasteiger partial charge in [-0.15, -0.1) is 0 Å². The van der Waals surface area contributed by atoms with Crippen molar-refractivity contribution in [3.63, 3.8) is 0 Å². The van der Waals surface area contributed by atoms with Crippen LogP contribution in [0.2, 0.25) is 0 Å². The molecule has 1 aliphatic carbocycles. The van der Waals surface area contributed by atoms with Gasteiger partial charge in [-0.05, 0) is 24.7 Å². The summed E-state index contributed by atoms with van der Waals surface area (Å²) >= 11 is 0. The second-order valence-electron chi connectivity index (χ2n) is 6.00. The van der Waals surface area contributed by atoms with Gasteiger partial charge in [0.05, 0.1) is 0 Å². The number of rotatable bonds is 5. The van der Waals surface area contributed by atoms with Gasteiger partial charge in [0.25, 0.3) is 0 Å². The van der Waals surface area contributed by atoms with Crippen molar-refractivity contribution in [2.75, 3.05) is 19.6 Å². The van der Waals surface area contributed by atoms with E-state index in [2.05, 4.69) is 11.8 Å². The Labute approximate surface area is 101 Å². The first-order valence-electron chi connectivity index (χ1n) is 7.24. The third-order valence-corrected chi connectivity index (χ3v) is 4.67. The van der Waals surface area contributed by atoms with E-state index in [-0.39, 0.29) is 0 Å². The zero-order valence-corrected chi connectivity index (χ0v) is 10.9. The predicted molar refractivity (Wildman–Crippen MR) is 69.5 cm³/mol. The van der Waals surface area contributed by atoms with E-state index < -0.39 is 0 Å². The fourth-order valence-corrected chi connectivity index (χ4v) is 3.58. The van der Waals surface area contributed by atoms with Gasteiger partial charge in [0, 0.05) is 25.7 Å². The first kappa shape index (κ1) is 12.4. The number of likely N-dealkylation sites (tertiary alicyclic amines) is 1. The molecule has 0 bridgehead atoms. The Kier molecular flexibility index (Phi) is 4.26. The fraction of sp³-hybridized carbons (Fsp3) is 1.00. The zero-order valence-electron chi connectivity index (χ0n) is 10.9. The van der Waals surface area contributed by atoms with E-state index in [0.29, 0.717) is 6.04 Å². The standard InChI is InChI=1S/C14H28N2/c1-2-3-7-13(10-15)16-11-14(12-16)8-5-4-6-9-14/h13H,2-12,15H2,1H3. The number of nitrogens with zero attached hydrogens (tertiary/aromatic N) is 1. The summed E-state index contributed by atoms with van der Waals surface area (Å²) in [6.45, 7) is 5.82. The summed E-state index contributed by atoms with van der Waals surface area (Å²) in [5, 5.41) is 0. The van der Waals surface area contributed by atoms with E-state index in [1.165, 1.54) is 64.5 Å². The molecule has 0 aromatic carbocycles. The van der Waals surface area contributed by atoms with E-state index in [1.807, 2.05) is 0 Å². The SMILES string of the molecule is CCCCC(CN)N1CC2(CCCCC2)C1. The molecule has 2 heteroatoms. The molecule has 94 valence electrons. The average molecular weight is 224 g/mol. The van der Waals surface area contributed by atoms with Gasteiger partial charge in [0.15, 0.2) is 0 Å². The van der Waals surface area contributed by atoms with Crippen molar-refractivity contribution in [2.45, 2.75) is 64.3 Å². The molecule has 1 atom stereocenters. The summed E-state index contributed by atoms with van der Waals surface area (Å²) in [7, 11) is 0. The van der Waals surface area contributed by atoms with Gasteiger partial charge < -0.3 is 5.73 Å². The molecule has 1 aliphatic heterocycles. The van der Waals surface area contributed by atoms with Gasteiger partial charge in [-0.1, -0.05) is 39.0 Å². The molecular formula is C14H28N2.